The molecule has 2 aromatic rings. The second-order valence-electron chi connectivity index (χ2n) is 5.06. The maximum absolute atomic E-state index is 12.5. The van der Waals surface area contributed by atoms with Gasteiger partial charge >= 0.3 is 6.18 Å². The van der Waals surface area contributed by atoms with Crippen LogP contribution in [0.25, 0.3) is 11.4 Å². The predicted molar refractivity (Wildman–Crippen MR) is 69.0 cm³/mol. The molecule has 0 spiro atoms. The van der Waals surface area contributed by atoms with E-state index in [1.807, 2.05) is 4.57 Å². The molecule has 1 aromatic carbocycles. The summed E-state index contributed by atoms with van der Waals surface area (Å²) < 4.78 is 39.6. The number of nitrogens with zero attached hydrogens (tertiary/aromatic N) is 2. The van der Waals surface area contributed by atoms with Gasteiger partial charge in [0.05, 0.1) is 5.56 Å². The molecule has 0 radical (unpaired) electrons. The number of imidazole rings is 1. The Morgan fingerprint density at radius 1 is 1.20 bits per heavy atom. The first-order valence-corrected chi connectivity index (χ1v) is 6.43. The molecule has 2 heterocycles. The molecule has 0 bridgehead atoms. The molecule has 3 nitrogen and oxygen atoms in total. The average molecular weight is 281 g/mol. The summed E-state index contributed by atoms with van der Waals surface area (Å²) in [6.45, 7) is 0.658. The van der Waals surface area contributed by atoms with Crippen molar-refractivity contribution in [3.05, 3.63) is 41.7 Å². The van der Waals surface area contributed by atoms with E-state index >= 15 is 0 Å². The summed E-state index contributed by atoms with van der Waals surface area (Å²) in [5, 5.41) is 0. The molecule has 0 aliphatic carbocycles. The van der Waals surface area contributed by atoms with Gasteiger partial charge in [-0.25, -0.2) is 4.98 Å². The third kappa shape index (κ3) is 2.31. The van der Waals surface area contributed by atoms with E-state index in [0.717, 1.165) is 30.7 Å². The van der Waals surface area contributed by atoms with Gasteiger partial charge in [0.15, 0.2) is 0 Å². The number of hydrogen-bond acceptors (Lipinski definition) is 2. The van der Waals surface area contributed by atoms with Crippen LogP contribution in [-0.2, 0) is 19.1 Å². The summed E-state index contributed by atoms with van der Waals surface area (Å²) in [6.07, 6.45) is -0.765. The Kier molecular flexibility index (Phi) is 3.05. The maximum Gasteiger partial charge on any atom is 0.416 e. The van der Waals surface area contributed by atoms with Crippen molar-refractivity contribution in [2.75, 3.05) is 0 Å². The Morgan fingerprint density at radius 3 is 2.55 bits per heavy atom. The second-order valence-corrected chi connectivity index (χ2v) is 5.06. The number of fused-ring (bicyclic) bond motifs is 1. The van der Waals surface area contributed by atoms with E-state index in [0.29, 0.717) is 17.9 Å². The minimum atomic E-state index is -4.31. The largest absolute Gasteiger partial charge is 0.416 e. The molecule has 1 aliphatic rings. The van der Waals surface area contributed by atoms with Crippen LogP contribution >= 0.6 is 0 Å². The zero-order valence-corrected chi connectivity index (χ0v) is 10.7. The first kappa shape index (κ1) is 13.2. The second kappa shape index (κ2) is 4.63. The Balaban J connectivity index is 1.96. The van der Waals surface area contributed by atoms with E-state index < -0.39 is 11.7 Å². The number of alkyl halides is 3. The van der Waals surface area contributed by atoms with Crippen molar-refractivity contribution < 1.29 is 13.2 Å². The number of nitrogens with two attached hydrogens (primary N) is 1. The fourth-order valence-corrected chi connectivity index (χ4v) is 2.51. The molecule has 6 heteroatoms. The van der Waals surface area contributed by atoms with Crippen molar-refractivity contribution in [1.82, 2.24) is 9.55 Å². The highest BCUT2D eigenvalue weighted by atomic mass is 19.4. The standard InChI is InChI=1S/C14H14F3N3/c15-14(16,17)10-3-1-9(2-4-10)13-19-7-12-6-5-11(18)8-20(12)13/h1-4,7,11H,5-6,8,18H2. The van der Waals surface area contributed by atoms with Gasteiger partial charge in [-0.2, -0.15) is 13.2 Å². The fraction of sp³-hybridized carbons (Fsp3) is 0.357. The molecule has 2 N–H and O–H groups in total. The highest BCUT2D eigenvalue weighted by molar-refractivity contribution is 5.57. The monoisotopic (exact) mass is 281 g/mol. The average Bonchev–Trinajstić information content (AvgIpc) is 2.81. The predicted octanol–water partition coefficient (Wildman–Crippen LogP) is 2.84. The molecular formula is C14H14F3N3. The van der Waals surface area contributed by atoms with Crippen LogP contribution in [0.5, 0.6) is 0 Å². The van der Waals surface area contributed by atoms with Gasteiger partial charge in [-0.3, -0.25) is 0 Å². The van der Waals surface area contributed by atoms with E-state index in [4.69, 9.17) is 5.73 Å². The van der Waals surface area contributed by atoms with Crippen molar-refractivity contribution in [2.24, 2.45) is 5.73 Å². The molecule has 0 amide bonds. The van der Waals surface area contributed by atoms with E-state index in [2.05, 4.69) is 4.98 Å². The van der Waals surface area contributed by atoms with Crippen LogP contribution in [-0.4, -0.2) is 15.6 Å². The van der Waals surface area contributed by atoms with Crippen LogP contribution in [0.3, 0.4) is 0 Å². The molecule has 0 fully saturated rings. The van der Waals surface area contributed by atoms with Crippen molar-refractivity contribution in [3.8, 4) is 11.4 Å². The lowest BCUT2D eigenvalue weighted by Gasteiger charge is -2.22. The summed E-state index contributed by atoms with van der Waals surface area (Å²) >= 11 is 0. The lowest BCUT2D eigenvalue weighted by atomic mass is 10.1. The van der Waals surface area contributed by atoms with Gasteiger partial charge in [0.1, 0.15) is 5.82 Å². The van der Waals surface area contributed by atoms with Crippen molar-refractivity contribution in [2.45, 2.75) is 31.6 Å². The summed E-state index contributed by atoms with van der Waals surface area (Å²) in [4.78, 5) is 4.32. The number of rotatable bonds is 1. The van der Waals surface area contributed by atoms with Gasteiger partial charge in [0.2, 0.25) is 0 Å². The lowest BCUT2D eigenvalue weighted by Crippen LogP contribution is -2.31. The van der Waals surface area contributed by atoms with Crippen molar-refractivity contribution in [3.63, 3.8) is 0 Å². The molecule has 1 aliphatic heterocycles. The number of hydrogen-bond donors (Lipinski definition) is 1. The summed E-state index contributed by atoms with van der Waals surface area (Å²) in [5.74, 6) is 0.684. The topological polar surface area (TPSA) is 43.8 Å². The van der Waals surface area contributed by atoms with E-state index in [-0.39, 0.29) is 6.04 Å². The van der Waals surface area contributed by atoms with Gasteiger partial charge in [-0.1, -0.05) is 12.1 Å². The van der Waals surface area contributed by atoms with Gasteiger partial charge in [0, 0.05) is 30.0 Å². The smallest absolute Gasteiger partial charge is 0.327 e. The molecule has 106 valence electrons. The normalized spacial score (nSPS) is 18.9. The molecule has 3 rings (SSSR count). The van der Waals surface area contributed by atoms with Gasteiger partial charge in [-0.15, -0.1) is 0 Å². The summed E-state index contributed by atoms with van der Waals surface area (Å²) in [7, 11) is 0. The summed E-state index contributed by atoms with van der Waals surface area (Å²) in [5.41, 5.74) is 7.05. The molecule has 1 aromatic heterocycles. The minimum Gasteiger partial charge on any atom is -0.327 e. The Bertz CT molecular complexity index is 614. The van der Waals surface area contributed by atoms with Gasteiger partial charge < -0.3 is 10.3 Å². The molecular weight excluding hydrogens is 267 g/mol. The van der Waals surface area contributed by atoms with Crippen LogP contribution in [0.4, 0.5) is 13.2 Å². The number of halogens is 3. The van der Waals surface area contributed by atoms with Gasteiger partial charge in [0.25, 0.3) is 0 Å². The fourth-order valence-electron chi connectivity index (χ4n) is 2.51. The Morgan fingerprint density at radius 2 is 1.90 bits per heavy atom. The zero-order chi connectivity index (χ0) is 14.3. The Labute approximate surface area is 114 Å². The van der Waals surface area contributed by atoms with Gasteiger partial charge in [-0.05, 0) is 25.0 Å². The van der Waals surface area contributed by atoms with Crippen LogP contribution in [0.2, 0.25) is 0 Å². The molecule has 20 heavy (non-hydrogen) atoms. The first-order chi connectivity index (χ1) is 9.45. The first-order valence-electron chi connectivity index (χ1n) is 6.43. The van der Waals surface area contributed by atoms with Crippen molar-refractivity contribution in [1.29, 1.82) is 0 Å². The van der Waals surface area contributed by atoms with Crippen LogP contribution in [0.1, 0.15) is 17.7 Å². The molecule has 0 saturated heterocycles. The van der Waals surface area contributed by atoms with Crippen LogP contribution in [0, 0.1) is 0 Å². The molecule has 1 atom stereocenters. The molecule has 1 unspecified atom stereocenters. The Hall–Kier alpha value is -1.82. The SMILES string of the molecule is NC1CCc2cnc(-c3ccc(C(F)(F)F)cc3)n2C1. The third-order valence-corrected chi connectivity index (χ3v) is 3.60. The number of aromatic nitrogens is 2. The van der Waals surface area contributed by atoms with Crippen LogP contribution in [0.15, 0.2) is 30.5 Å². The zero-order valence-electron chi connectivity index (χ0n) is 10.7. The number of benzene rings is 1. The third-order valence-electron chi connectivity index (χ3n) is 3.60. The highest BCUT2D eigenvalue weighted by Gasteiger charge is 2.30. The molecule has 0 saturated carbocycles. The summed E-state index contributed by atoms with van der Waals surface area (Å²) in [6, 6.07) is 5.15. The van der Waals surface area contributed by atoms with E-state index in [9.17, 15) is 13.2 Å². The number of aryl methyl sites for hydroxylation is 1. The van der Waals surface area contributed by atoms with E-state index in [1.165, 1.54) is 12.1 Å². The van der Waals surface area contributed by atoms with Crippen LogP contribution < -0.4 is 5.73 Å². The highest BCUT2D eigenvalue weighted by Crippen LogP contribution is 2.31. The van der Waals surface area contributed by atoms with E-state index in [1.54, 1.807) is 6.20 Å². The van der Waals surface area contributed by atoms with Crippen molar-refractivity contribution >= 4 is 0 Å². The maximum atomic E-state index is 12.5. The quantitative estimate of drug-likeness (QED) is 0.873. The lowest BCUT2D eigenvalue weighted by molar-refractivity contribution is -0.137. The minimum absolute atomic E-state index is 0.0740.